The van der Waals surface area contributed by atoms with Crippen molar-refractivity contribution in [2.75, 3.05) is 0 Å². The van der Waals surface area contributed by atoms with Crippen LogP contribution in [-0.4, -0.2) is 21.9 Å². The number of hydrogen-bond donors (Lipinski definition) is 0. The van der Waals surface area contributed by atoms with Crippen LogP contribution >= 0.6 is 0 Å². The molecule has 0 atom stereocenters. The van der Waals surface area contributed by atoms with Crippen LogP contribution in [0.1, 0.15) is 0 Å². The molecule has 0 spiro atoms. The molecule has 34 valence electrons. The summed E-state index contributed by atoms with van der Waals surface area (Å²) in [4.78, 5) is 0. The Hall–Kier alpha value is 0.528. The van der Waals surface area contributed by atoms with Crippen LogP contribution < -0.4 is 0 Å². The Balaban J connectivity index is 0. The monoisotopic (exact) mass is 252 g/mol. The zero-order chi connectivity index (χ0) is 0. The van der Waals surface area contributed by atoms with Crippen LogP contribution in [0.4, 0.5) is 0 Å². The summed E-state index contributed by atoms with van der Waals surface area (Å²) in [6.07, 6.45) is 0. The van der Waals surface area contributed by atoms with Crippen molar-refractivity contribution in [3.05, 3.63) is 0 Å². The molecule has 0 heterocycles. The maximum atomic E-state index is 0. The van der Waals surface area contributed by atoms with Crippen LogP contribution in [0.2, 0.25) is 0 Å². The normalized spacial score (nSPS) is 0. The van der Waals surface area contributed by atoms with E-state index in [1.807, 2.05) is 0 Å². The molecular formula is H4O4W. The second-order valence-corrected chi connectivity index (χ2v) is 0. The first-order chi connectivity index (χ1) is 0. The summed E-state index contributed by atoms with van der Waals surface area (Å²) in [5, 5.41) is 0. The van der Waals surface area contributed by atoms with Crippen LogP contribution in [0.5, 0.6) is 0 Å². The smallest absolute Gasteiger partial charge is 0.870 e. The Morgan fingerprint density at radius 3 is 0.400 bits per heavy atom. The maximum absolute atomic E-state index is 0. The second kappa shape index (κ2) is 202. The van der Waals surface area contributed by atoms with E-state index in [0.717, 1.165) is 0 Å². The van der Waals surface area contributed by atoms with Crippen LogP contribution in [0, 0.1) is 0 Å². The molecular weight excluding hydrogens is 248 g/mol. The largest absolute Gasteiger partial charge is 4.00 e. The van der Waals surface area contributed by atoms with E-state index in [-0.39, 0.29) is 43.0 Å². The molecule has 0 amide bonds. The van der Waals surface area contributed by atoms with E-state index in [4.69, 9.17) is 0 Å². The summed E-state index contributed by atoms with van der Waals surface area (Å²) in [7, 11) is 0. The fourth-order valence-corrected chi connectivity index (χ4v) is 0. The van der Waals surface area contributed by atoms with Gasteiger partial charge in [0, 0.05) is 0 Å². The summed E-state index contributed by atoms with van der Waals surface area (Å²) < 4.78 is 0. The molecule has 0 saturated carbocycles. The first kappa shape index (κ1) is 406. The zero-order valence-corrected chi connectivity index (χ0v) is 5.13. The SMILES string of the molecule is [OH-].[OH-].[OH-].[OH-].[W+4]. The van der Waals surface area contributed by atoms with Gasteiger partial charge in [-0.25, -0.2) is 0 Å². The van der Waals surface area contributed by atoms with E-state index in [2.05, 4.69) is 0 Å². The molecule has 0 radical (unpaired) electrons. The van der Waals surface area contributed by atoms with Crippen LogP contribution in [0.3, 0.4) is 0 Å². The van der Waals surface area contributed by atoms with Crippen molar-refractivity contribution in [1.82, 2.24) is 0 Å². The molecule has 5 heavy (non-hydrogen) atoms. The van der Waals surface area contributed by atoms with Gasteiger partial charge in [-0.15, -0.1) is 0 Å². The van der Waals surface area contributed by atoms with Crippen molar-refractivity contribution < 1.29 is 43.0 Å². The summed E-state index contributed by atoms with van der Waals surface area (Å²) in [6.45, 7) is 0. The molecule has 5 heteroatoms. The van der Waals surface area contributed by atoms with Crippen molar-refractivity contribution in [2.24, 2.45) is 0 Å². The fourth-order valence-electron chi connectivity index (χ4n) is 0. The molecule has 0 saturated heterocycles. The molecule has 0 unspecified atom stereocenters. The average Bonchev–Trinajstić information content (AvgIpc) is 0. The fraction of sp³-hybridized carbons (Fsp3) is 0. The van der Waals surface area contributed by atoms with Crippen molar-refractivity contribution in [3.8, 4) is 0 Å². The molecule has 0 aromatic heterocycles. The van der Waals surface area contributed by atoms with Gasteiger partial charge >= 0.3 is 21.1 Å². The predicted octanol–water partition coefficient (Wildman–Crippen LogP) is -0.710. The first-order valence-corrected chi connectivity index (χ1v) is 0. The third-order valence-corrected chi connectivity index (χ3v) is 0. The topological polar surface area (TPSA) is 120 Å². The van der Waals surface area contributed by atoms with E-state index in [9.17, 15) is 0 Å². The number of hydrogen-bond acceptors (Lipinski definition) is 4. The van der Waals surface area contributed by atoms with Gasteiger partial charge in [0.2, 0.25) is 0 Å². The summed E-state index contributed by atoms with van der Waals surface area (Å²) in [5.41, 5.74) is 0. The van der Waals surface area contributed by atoms with Gasteiger partial charge in [-0.05, 0) is 0 Å². The van der Waals surface area contributed by atoms with Crippen LogP contribution in [0.15, 0.2) is 0 Å². The van der Waals surface area contributed by atoms with Crippen molar-refractivity contribution in [2.45, 2.75) is 0 Å². The molecule has 0 rings (SSSR count). The quantitative estimate of drug-likeness (QED) is 0.565. The minimum Gasteiger partial charge on any atom is -0.870 e. The number of rotatable bonds is 0. The summed E-state index contributed by atoms with van der Waals surface area (Å²) in [5.74, 6) is 0. The summed E-state index contributed by atoms with van der Waals surface area (Å²) >= 11 is 0. The van der Waals surface area contributed by atoms with Gasteiger partial charge in [-0.2, -0.15) is 0 Å². The Morgan fingerprint density at radius 1 is 0.400 bits per heavy atom. The minimum absolute atomic E-state index is 0. The Kier molecular flexibility index (Phi) is 16400. The first-order valence-electron chi connectivity index (χ1n) is 0. The predicted molar refractivity (Wildman–Crippen MR) is 7.74 cm³/mol. The van der Waals surface area contributed by atoms with Gasteiger partial charge in [0.05, 0.1) is 0 Å². The average molecular weight is 252 g/mol. The van der Waals surface area contributed by atoms with E-state index >= 15 is 0 Å². The molecule has 4 N–H and O–H groups in total. The molecule has 4 nitrogen and oxygen atoms in total. The van der Waals surface area contributed by atoms with E-state index in [1.54, 1.807) is 0 Å². The van der Waals surface area contributed by atoms with Gasteiger partial charge in [0.25, 0.3) is 0 Å². The summed E-state index contributed by atoms with van der Waals surface area (Å²) in [6, 6.07) is 0. The van der Waals surface area contributed by atoms with Crippen molar-refractivity contribution >= 4 is 0 Å². The molecule has 0 aliphatic carbocycles. The van der Waals surface area contributed by atoms with Gasteiger partial charge in [-0.3, -0.25) is 0 Å². The molecule has 0 aliphatic rings. The molecule has 0 aromatic rings. The van der Waals surface area contributed by atoms with Gasteiger partial charge in [-0.1, -0.05) is 0 Å². The maximum Gasteiger partial charge on any atom is 4.00 e. The van der Waals surface area contributed by atoms with E-state index < -0.39 is 0 Å². The Bertz CT molecular complexity index is 3.61. The molecule has 0 aromatic carbocycles. The Labute approximate surface area is 43.7 Å². The molecule has 0 aliphatic heterocycles. The second-order valence-electron chi connectivity index (χ2n) is 0. The van der Waals surface area contributed by atoms with Gasteiger partial charge in [0.15, 0.2) is 0 Å². The van der Waals surface area contributed by atoms with Crippen LogP contribution in [0.25, 0.3) is 0 Å². The molecule has 0 bridgehead atoms. The third kappa shape index (κ3) is 104. The third-order valence-electron chi connectivity index (χ3n) is 0. The standard InChI is InChI=1S/4H2O.W/h4*1H2;/q;;;;+4/p-4. The van der Waals surface area contributed by atoms with Crippen molar-refractivity contribution in [3.63, 3.8) is 0 Å². The Morgan fingerprint density at radius 2 is 0.400 bits per heavy atom. The van der Waals surface area contributed by atoms with E-state index in [0.29, 0.717) is 0 Å². The minimum atomic E-state index is 0. The van der Waals surface area contributed by atoms with Gasteiger partial charge < -0.3 is 21.9 Å². The zero-order valence-electron chi connectivity index (χ0n) is 2.20. The van der Waals surface area contributed by atoms with Crippen molar-refractivity contribution in [1.29, 1.82) is 0 Å². The van der Waals surface area contributed by atoms with E-state index in [1.165, 1.54) is 0 Å². The van der Waals surface area contributed by atoms with Crippen LogP contribution in [-0.2, 0) is 21.1 Å². The molecule has 0 fully saturated rings. The van der Waals surface area contributed by atoms with Gasteiger partial charge in [0.1, 0.15) is 0 Å².